The molecule has 0 aromatic carbocycles. The van der Waals surface area contributed by atoms with E-state index >= 15 is 0 Å². The molecule has 1 aliphatic carbocycles. The third kappa shape index (κ3) is 3.31. The Balaban J connectivity index is 1.84. The first-order valence-electron chi connectivity index (χ1n) is 5.12. The van der Waals surface area contributed by atoms with Crippen molar-refractivity contribution in [3.05, 3.63) is 20.8 Å². The predicted molar refractivity (Wildman–Crippen MR) is 65.8 cm³/mol. The standard InChI is InChI=1S/C11H14BrNOS/c1-13(11(14)5-8-2-3-8)6-9-4-10(12)15-7-9/h4,7-8H,2-3,5-6H2,1H3. The summed E-state index contributed by atoms with van der Waals surface area (Å²) < 4.78 is 1.13. The van der Waals surface area contributed by atoms with Gasteiger partial charge in [-0.05, 0) is 51.7 Å². The average molecular weight is 288 g/mol. The van der Waals surface area contributed by atoms with Gasteiger partial charge in [-0.1, -0.05) is 0 Å². The van der Waals surface area contributed by atoms with Crippen LogP contribution in [0.3, 0.4) is 0 Å². The second-order valence-corrected chi connectivity index (χ2v) is 6.45. The van der Waals surface area contributed by atoms with Crippen LogP contribution in [-0.4, -0.2) is 17.9 Å². The monoisotopic (exact) mass is 287 g/mol. The summed E-state index contributed by atoms with van der Waals surface area (Å²) in [4.78, 5) is 13.5. The number of amides is 1. The molecule has 82 valence electrons. The quantitative estimate of drug-likeness (QED) is 0.832. The van der Waals surface area contributed by atoms with Gasteiger partial charge >= 0.3 is 0 Å². The molecule has 1 aliphatic rings. The molecule has 1 heterocycles. The van der Waals surface area contributed by atoms with Gasteiger partial charge in [-0.2, -0.15) is 0 Å². The molecule has 0 radical (unpaired) electrons. The second-order valence-electron chi connectivity index (χ2n) is 4.16. The summed E-state index contributed by atoms with van der Waals surface area (Å²) in [5.41, 5.74) is 1.21. The molecule has 1 aromatic heterocycles. The van der Waals surface area contributed by atoms with Crippen LogP contribution < -0.4 is 0 Å². The summed E-state index contributed by atoms with van der Waals surface area (Å²) in [6, 6.07) is 2.07. The first-order chi connectivity index (χ1) is 7.15. The first kappa shape index (κ1) is 11.1. The van der Waals surface area contributed by atoms with Gasteiger partial charge in [0, 0.05) is 20.0 Å². The van der Waals surface area contributed by atoms with E-state index in [0.29, 0.717) is 5.92 Å². The molecule has 2 rings (SSSR count). The molecule has 0 unspecified atom stereocenters. The Morgan fingerprint density at radius 3 is 2.93 bits per heavy atom. The van der Waals surface area contributed by atoms with Gasteiger partial charge in [-0.15, -0.1) is 11.3 Å². The Bertz CT molecular complexity index is 359. The van der Waals surface area contributed by atoms with Gasteiger partial charge in [0.25, 0.3) is 0 Å². The fraction of sp³-hybridized carbons (Fsp3) is 0.545. The van der Waals surface area contributed by atoms with E-state index in [9.17, 15) is 4.79 Å². The summed E-state index contributed by atoms with van der Waals surface area (Å²) in [5, 5.41) is 2.09. The van der Waals surface area contributed by atoms with Gasteiger partial charge < -0.3 is 4.90 Å². The van der Waals surface area contributed by atoms with Crippen molar-refractivity contribution in [2.75, 3.05) is 7.05 Å². The zero-order valence-electron chi connectivity index (χ0n) is 8.70. The molecule has 1 aromatic rings. The molecule has 4 heteroatoms. The van der Waals surface area contributed by atoms with E-state index in [4.69, 9.17) is 0 Å². The Labute approximate surface area is 102 Å². The normalized spacial score (nSPS) is 15.3. The minimum atomic E-state index is 0.278. The highest BCUT2D eigenvalue weighted by Crippen LogP contribution is 2.33. The van der Waals surface area contributed by atoms with Gasteiger partial charge in [-0.25, -0.2) is 0 Å². The topological polar surface area (TPSA) is 20.3 Å². The van der Waals surface area contributed by atoms with E-state index in [-0.39, 0.29) is 5.91 Å². The van der Waals surface area contributed by atoms with Crippen LogP contribution >= 0.6 is 27.3 Å². The minimum absolute atomic E-state index is 0.278. The third-order valence-corrected chi connectivity index (χ3v) is 4.18. The lowest BCUT2D eigenvalue weighted by Crippen LogP contribution is -2.26. The minimum Gasteiger partial charge on any atom is -0.341 e. The largest absolute Gasteiger partial charge is 0.341 e. The van der Waals surface area contributed by atoms with Crippen molar-refractivity contribution in [3.63, 3.8) is 0 Å². The van der Waals surface area contributed by atoms with Crippen molar-refractivity contribution in [2.24, 2.45) is 5.92 Å². The van der Waals surface area contributed by atoms with E-state index in [1.54, 1.807) is 11.3 Å². The van der Waals surface area contributed by atoms with Crippen LogP contribution in [0.2, 0.25) is 0 Å². The molecule has 0 spiro atoms. The molecule has 0 atom stereocenters. The lowest BCUT2D eigenvalue weighted by molar-refractivity contribution is -0.130. The fourth-order valence-electron chi connectivity index (χ4n) is 1.52. The highest BCUT2D eigenvalue weighted by atomic mass is 79.9. The van der Waals surface area contributed by atoms with Crippen molar-refractivity contribution in [2.45, 2.75) is 25.8 Å². The van der Waals surface area contributed by atoms with Crippen molar-refractivity contribution in [3.8, 4) is 0 Å². The summed E-state index contributed by atoms with van der Waals surface area (Å²) in [6.07, 6.45) is 3.22. The van der Waals surface area contributed by atoms with Crippen molar-refractivity contribution >= 4 is 33.2 Å². The van der Waals surface area contributed by atoms with E-state index in [1.165, 1.54) is 18.4 Å². The molecule has 1 fully saturated rings. The Morgan fingerprint density at radius 2 is 2.40 bits per heavy atom. The van der Waals surface area contributed by atoms with E-state index in [0.717, 1.165) is 16.8 Å². The van der Waals surface area contributed by atoms with Crippen molar-refractivity contribution in [1.29, 1.82) is 0 Å². The summed E-state index contributed by atoms with van der Waals surface area (Å²) in [7, 11) is 1.89. The highest BCUT2D eigenvalue weighted by molar-refractivity contribution is 9.11. The third-order valence-electron chi connectivity index (χ3n) is 2.63. The first-order valence-corrected chi connectivity index (χ1v) is 6.79. The zero-order chi connectivity index (χ0) is 10.8. The molecule has 1 saturated carbocycles. The maximum atomic E-state index is 11.7. The molecule has 0 aliphatic heterocycles. The van der Waals surface area contributed by atoms with Crippen LogP contribution in [0, 0.1) is 5.92 Å². The maximum Gasteiger partial charge on any atom is 0.222 e. The van der Waals surface area contributed by atoms with Crippen LogP contribution in [0.1, 0.15) is 24.8 Å². The lowest BCUT2D eigenvalue weighted by atomic mass is 10.2. The number of rotatable bonds is 4. The SMILES string of the molecule is CN(Cc1csc(Br)c1)C(=O)CC1CC1. The summed E-state index contributed by atoms with van der Waals surface area (Å²) >= 11 is 5.09. The Morgan fingerprint density at radius 1 is 1.67 bits per heavy atom. The number of hydrogen-bond donors (Lipinski definition) is 0. The van der Waals surface area contributed by atoms with Gasteiger partial charge in [0.1, 0.15) is 0 Å². The number of hydrogen-bond acceptors (Lipinski definition) is 2. The smallest absolute Gasteiger partial charge is 0.222 e. The Hall–Kier alpha value is -0.350. The number of carbonyl (C=O) groups excluding carboxylic acids is 1. The molecular formula is C11H14BrNOS. The molecule has 0 saturated heterocycles. The fourth-order valence-corrected chi connectivity index (χ4v) is 2.72. The molecule has 2 nitrogen and oxygen atoms in total. The molecule has 0 bridgehead atoms. The van der Waals surface area contributed by atoms with Crippen LogP contribution in [-0.2, 0) is 11.3 Å². The maximum absolute atomic E-state index is 11.7. The van der Waals surface area contributed by atoms with E-state index < -0.39 is 0 Å². The lowest BCUT2D eigenvalue weighted by Gasteiger charge is -2.16. The highest BCUT2D eigenvalue weighted by Gasteiger charge is 2.25. The predicted octanol–water partition coefficient (Wildman–Crippen LogP) is 3.27. The average Bonchev–Trinajstić information content (AvgIpc) is 2.90. The number of carbonyl (C=O) groups is 1. The van der Waals surface area contributed by atoms with Crippen LogP contribution in [0.25, 0.3) is 0 Å². The number of nitrogens with zero attached hydrogens (tertiary/aromatic N) is 1. The second kappa shape index (κ2) is 4.66. The van der Waals surface area contributed by atoms with Crippen LogP contribution in [0.15, 0.2) is 15.2 Å². The van der Waals surface area contributed by atoms with Gasteiger partial charge in [-0.3, -0.25) is 4.79 Å². The van der Waals surface area contributed by atoms with Gasteiger partial charge in [0.05, 0.1) is 3.79 Å². The summed E-state index contributed by atoms with van der Waals surface area (Å²) in [6.45, 7) is 0.730. The summed E-state index contributed by atoms with van der Waals surface area (Å²) in [5.74, 6) is 0.953. The van der Waals surface area contributed by atoms with Crippen molar-refractivity contribution in [1.82, 2.24) is 4.90 Å². The molecule has 1 amide bonds. The molecule has 15 heavy (non-hydrogen) atoms. The number of halogens is 1. The van der Waals surface area contributed by atoms with Crippen LogP contribution in [0.4, 0.5) is 0 Å². The van der Waals surface area contributed by atoms with Gasteiger partial charge in [0.15, 0.2) is 0 Å². The van der Waals surface area contributed by atoms with Gasteiger partial charge in [0.2, 0.25) is 5.91 Å². The van der Waals surface area contributed by atoms with E-state index in [1.807, 2.05) is 11.9 Å². The Kier molecular flexibility index (Phi) is 3.46. The molecule has 0 N–H and O–H groups in total. The zero-order valence-corrected chi connectivity index (χ0v) is 11.1. The number of thiophene rings is 1. The van der Waals surface area contributed by atoms with E-state index in [2.05, 4.69) is 27.4 Å². The molecular weight excluding hydrogens is 274 g/mol. The van der Waals surface area contributed by atoms with Crippen LogP contribution in [0.5, 0.6) is 0 Å². The van der Waals surface area contributed by atoms with Crippen molar-refractivity contribution < 1.29 is 4.79 Å².